The molecule has 0 aliphatic carbocycles. The van der Waals surface area contributed by atoms with Gasteiger partial charge in [-0.3, -0.25) is 0 Å². The molecule has 0 fully saturated rings. The van der Waals surface area contributed by atoms with Crippen molar-refractivity contribution in [2.24, 2.45) is 0 Å². The Morgan fingerprint density at radius 1 is 1.19 bits per heavy atom. The minimum Gasteiger partial charge on any atom is -0.545 e. The molecule has 82 valence electrons. The molecule has 0 unspecified atom stereocenters. The molecule has 0 amide bonds. The van der Waals surface area contributed by atoms with E-state index < -0.39 is 5.97 Å². The van der Waals surface area contributed by atoms with Gasteiger partial charge < -0.3 is 9.90 Å². The number of carboxylic acid groups (broad SMARTS) is 1. The van der Waals surface area contributed by atoms with Crippen LogP contribution >= 0.6 is 23.2 Å². The molecule has 0 aromatic heterocycles. The summed E-state index contributed by atoms with van der Waals surface area (Å²) < 4.78 is 0. The van der Waals surface area contributed by atoms with Crippen molar-refractivity contribution in [2.75, 3.05) is 0 Å². The Morgan fingerprint density at radius 3 is 2.00 bits per heavy atom. The number of carbonyl (C=O) groups is 1. The minimum atomic E-state index is -1.24. The zero-order valence-corrected chi connectivity index (χ0v) is 13.2. The summed E-state index contributed by atoms with van der Waals surface area (Å²) in [5, 5.41) is 11.5. The van der Waals surface area contributed by atoms with Crippen LogP contribution in [0.4, 0.5) is 0 Å². The molecule has 0 atom stereocenters. The molecular formula is C11H11Cl2NaO2. The number of hydrogen-bond acceptors (Lipinski definition) is 2. The molecule has 0 saturated carbocycles. The van der Waals surface area contributed by atoms with Crippen LogP contribution in [0.15, 0.2) is 12.1 Å². The number of rotatable bonds is 1. The van der Waals surface area contributed by atoms with Crippen molar-refractivity contribution in [3.8, 4) is 0 Å². The number of benzene rings is 1. The molecule has 1 rings (SSSR count). The van der Waals surface area contributed by atoms with Crippen molar-refractivity contribution in [2.45, 2.75) is 26.2 Å². The van der Waals surface area contributed by atoms with E-state index in [-0.39, 0.29) is 45.6 Å². The SMILES string of the molecule is CC(C)(C)c1cc(Cl)c(Cl)cc1C(=O)[O-].[Na+]. The Labute approximate surface area is 127 Å². The predicted octanol–water partition coefficient (Wildman–Crippen LogP) is -0.342. The van der Waals surface area contributed by atoms with Gasteiger partial charge in [0.15, 0.2) is 0 Å². The molecule has 5 heteroatoms. The fourth-order valence-electron chi connectivity index (χ4n) is 1.34. The van der Waals surface area contributed by atoms with E-state index >= 15 is 0 Å². The first-order valence-corrected chi connectivity index (χ1v) is 5.20. The van der Waals surface area contributed by atoms with Gasteiger partial charge in [0.2, 0.25) is 0 Å². The molecule has 0 bridgehead atoms. The third kappa shape index (κ3) is 3.64. The summed E-state index contributed by atoms with van der Waals surface area (Å²) in [5.74, 6) is -1.24. The zero-order chi connectivity index (χ0) is 11.8. The molecule has 0 radical (unpaired) electrons. The van der Waals surface area contributed by atoms with Crippen molar-refractivity contribution in [3.63, 3.8) is 0 Å². The Hall–Kier alpha value is 0.270. The van der Waals surface area contributed by atoms with Crippen LogP contribution in [0.2, 0.25) is 10.0 Å². The number of hydrogen-bond donors (Lipinski definition) is 0. The Balaban J connectivity index is 0.00000225. The van der Waals surface area contributed by atoms with E-state index in [0.29, 0.717) is 10.6 Å². The zero-order valence-electron chi connectivity index (χ0n) is 9.73. The van der Waals surface area contributed by atoms with Gasteiger partial charge in [-0.2, -0.15) is 0 Å². The average Bonchev–Trinajstić information content (AvgIpc) is 2.06. The van der Waals surface area contributed by atoms with Gasteiger partial charge in [-0.1, -0.05) is 44.0 Å². The van der Waals surface area contributed by atoms with E-state index in [4.69, 9.17) is 23.2 Å². The van der Waals surface area contributed by atoms with Crippen LogP contribution < -0.4 is 34.7 Å². The second-order valence-electron chi connectivity index (χ2n) is 4.35. The van der Waals surface area contributed by atoms with E-state index in [0.717, 1.165) is 0 Å². The third-order valence-corrected chi connectivity index (χ3v) is 2.81. The van der Waals surface area contributed by atoms with E-state index in [9.17, 15) is 9.90 Å². The van der Waals surface area contributed by atoms with Gasteiger partial charge in [0.1, 0.15) is 0 Å². The summed E-state index contributed by atoms with van der Waals surface area (Å²) in [6, 6.07) is 2.91. The second-order valence-corrected chi connectivity index (χ2v) is 5.16. The number of carbonyl (C=O) groups excluding carboxylic acids is 1. The van der Waals surface area contributed by atoms with Crippen LogP contribution in [0.3, 0.4) is 0 Å². The summed E-state index contributed by atoms with van der Waals surface area (Å²) in [6.45, 7) is 5.71. The van der Waals surface area contributed by atoms with Crippen LogP contribution in [0.1, 0.15) is 36.7 Å². The van der Waals surface area contributed by atoms with Crippen LogP contribution in [0.25, 0.3) is 0 Å². The standard InChI is InChI=1S/C11H12Cl2O2.Na/c1-11(2,3)7-5-9(13)8(12)4-6(7)10(14)15;/h4-5H,1-3H3,(H,14,15);/q;+1/p-1. The van der Waals surface area contributed by atoms with E-state index in [1.165, 1.54) is 6.07 Å². The molecule has 0 heterocycles. The molecule has 0 spiro atoms. The molecule has 0 aliphatic heterocycles. The van der Waals surface area contributed by atoms with Crippen LogP contribution in [0.5, 0.6) is 0 Å². The first-order valence-electron chi connectivity index (χ1n) is 4.44. The normalized spacial score (nSPS) is 10.8. The number of halogens is 2. The van der Waals surface area contributed by atoms with Gasteiger partial charge in [-0.15, -0.1) is 0 Å². The summed E-state index contributed by atoms with van der Waals surface area (Å²) >= 11 is 11.6. The van der Waals surface area contributed by atoms with Crippen molar-refractivity contribution >= 4 is 29.2 Å². The fraction of sp³-hybridized carbons (Fsp3) is 0.364. The van der Waals surface area contributed by atoms with Crippen molar-refractivity contribution < 1.29 is 39.5 Å². The second kappa shape index (κ2) is 5.74. The quantitative estimate of drug-likeness (QED) is 0.654. The first kappa shape index (κ1) is 16.3. The Bertz CT molecular complexity index is 411. The molecule has 16 heavy (non-hydrogen) atoms. The van der Waals surface area contributed by atoms with Gasteiger partial charge in [-0.25, -0.2) is 0 Å². The topological polar surface area (TPSA) is 40.1 Å². The van der Waals surface area contributed by atoms with Gasteiger partial charge in [-0.05, 0) is 23.1 Å². The van der Waals surface area contributed by atoms with Gasteiger partial charge in [0.25, 0.3) is 0 Å². The van der Waals surface area contributed by atoms with E-state index in [1.807, 2.05) is 20.8 Å². The number of aromatic carboxylic acids is 1. The molecule has 0 aliphatic rings. The third-order valence-electron chi connectivity index (χ3n) is 2.09. The average molecular weight is 269 g/mol. The summed E-state index contributed by atoms with van der Waals surface area (Å²) in [6.07, 6.45) is 0. The van der Waals surface area contributed by atoms with E-state index in [1.54, 1.807) is 6.07 Å². The summed E-state index contributed by atoms with van der Waals surface area (Å²) in [4.78, 5) is 10.9. The Morgan fingerprint density at radius 2 is 1.62 bits per heavy atom. The fourth-order valence-corrected chi connectivity index (χ4v) is 1.66. The van der Waals surface area contributed by atoms with Gasteiger partial charge in [0.05, 0.1) is 16.0 Å². The first-order chi connectivity index (χ1) is 6.73. The maximum atomic E-state index is 10.9. The Kier molecular flexibility index (Phi) is 5.84. The molecule has 0 N–H and O–H groups in total. The molecule has 2 nitrogen and oxygen atoms in total. The van der Waals surface area contributed by atoms with Crippen LogP contribution in [0, 0.1) is 0 Å². The maximum absolute atomic E-state index is 10.9. The smallest absolute Gasteiger partial charge is 0.545 e. The number of carboxylic acids is 1. The van der Waals surface area contributed by atoms with Crippen molar-refractivity contribution in [1.29, 1.82) is 0 Å². The molecule has 0 saturated heterocycles. The summed E-state index contributed by atoms with van der Waals surface area (Å²) in [5.41, 5.74) is 0.401. The molecule has 1 aromatic carbocycles. The van der Waals surface area contributed by atoms with Gasteiger partial charge >= 0.3 is 29.6 Å². The van der Waals surface area contributed by atoms with Crippen LogP contribution in [-0.4, -0.2) is 5.97 Å². The van der Waals surface area contributed by atoms with Crippen LogP contribution in [-0.2, 0) is 5.41 Å². The van der Waals surface area contributed by atoms with E-state index in [2.05, 4.69) is 0 Å². The van der Waals surface area contributed by atoms with Crippen molar-refractivity contribution in [1.82, 2.24) is 0 Å². The summed E-state index contributed by atoms with van der Waals surface area (Å²) in [7, 11) is 0. The van der Waals surface area contributed by atoms with Crippen molar-refractivity contribution in [3.05, 3.63) is 33.3 Å². The van der Waals surface area contributed by atoms with Gasteiger partial charge in [0, 0.05) is 5.56 Å². The largest absolute Gasteiger partial charge is 1.00 e. The molecule has 1 aromatic rings. The molecular weight excluding hydrogens is 258 g/mol. The monoisotopic (exact) mass is 268 g/mol. The predicted molar refractivity (Wildman–Crippen MR) is 59.5 cm³/mol. The minimum absolute atomic E-state index is 0. The maximum Gasteiger partial charge on any atom is 1.00 e.